The van der Waals surface area contributed by atoms with Gasteiger partial charge in [0.2, 0.25) is 11.8 Å². The lowest BCUT2D eigenvalue weighted by Crippen LogP contribution is -2.33. The van der Waals surface area contributed by atoms with E-state index >= 15 is 0 Å². The van der Waals surface area contributed by atoms with Crippen molar-refractivity contribution in [2.75, 3.05) is 16.8 Å². The van der Waals surface area contributed by atoms with Gasteiger partial charge in [-0.15, -0.1) is 0 Å². The Balaban J connectivity index is 1.68. The normalized spacial score (nSPS) is 16.0. The molecule has 0 radical (unpaired) electrons. The van der Waals surface area contributed by atoms with Gasteiger partial charge in [-0.3, -0.25) is 14.4 Å². The lowest BCUT2D eigenvalue weighted by molar-refractivity contribution is -0.121. The van der Waals surface area contributed by atoms with Crippen molar-refractivity contribution in [2.45, 2.75) is 18.6 Å². The second-order valence-electron chi connectivity index (χ2n) is 6.08. The predicted octanol–water partition coefficient (Wildman–Crippen LogP) is 3.38. The molecule has 9 heteroatoms. The lowest BCUT2D eigenvalue weighted by Gasteiger charge is -2.17. The highest BCUT2D eigenvalue weighted by molar-refractivity contribution is 8.15. The maximum Gasteiger partial charge on any atom is 0.335 e. The zero-order chi connectivity index (χ0) is 21.0. The van der Waals surface area contributed by atoms with Crippen molar-refractivity contribution in [3.05, 3.63) is 54.1 Å². The molecule has 1 aliphatic heterocycles. The first-order valence-corrected chi connectivity index (χ1v) is 9.68. The van der Waals surface area contributed by atoms with E-state index in [1.54, 1.807) is 31.2 Å². The highest BCUT2D eigenvalue weighted by Gasteiger charge is 2.42. The number of carbonyl (C=O) groups is 4. The molecule has 1 heterocycles. The molecule has 1 atom stereocenters. The molecule has 3 rings (SSSR count). The number of hydrogen-bond donors (Lipinski definition) is 2. The van der Waals surface area contributed by atoms with Gasteiger partial charge in [0.05, 0.1) is 17.9 Å². The average molecular weight is 414 g/mol. The molecular formula is C20H18N2O6S. The van der Waals surface area contributed by atoms with Gasteiger partial charge >= 0.3 is 5.97 Å². The smallest absolute Gasteiger partial charge is 0.335 e. The summed E-state index contributed by atoms with van der Waals surface area (Å²) in [6.07, 6.45) is -0.191. The summed E-state index contributed by atoms with van der Waals surface area (Å²) < 4.78 is 5.49. The molecule has 1 unspecified atom stereocenters. The Morgan fingerprint density at radius 1 is 1.14 bits per heavy atom. The quantitative estimate of drug-likeness (QED) is 0.714. The molecular weight excluding hydrogens is 396 g/mol. The van der Waals surface area contributed by atoms with Crippen LogP contribution in [-0.4, -0.2) is 40.0 Å². The third kappa shape index (κ3) is 4.57. The Hall–Kier alpha value is -3.33. The molecule has 2 aromatic carbocycles. The number of imide groups is 1. The maximum absolute atomic E-state index is 12.8. The van der Waals surface area contributed by atoms with Gasteiger partial charge in [0.1, 0.15) is 11.0 Å². The van der Waals surface area contributed by atoms with E-state index in [0.717, 1.165) is 16.7 Å². The molecule has 2 N–H and O–H groups in total. The largest absolute Gasteiger partial charge is 0.492 e. The number of nitrogens with one attached hydrogen (secondary N) is 1. The number of ether oxygens (including phenoxy) is 1. The van der Waals surface area contributed by atoms with Crippen LogP contribution in [0.5, 0.6) is 5.75 Å². The molecule has 0 aromatic heterocycles. The van der Waals surface area contributed by atoms with Gasteiger partial charge in [0, 0.05) is 12.1 Å². The van der Waals surface area contributed by atoms with Gasteiger partial charge in [-0.05, 0) is 55.1 Å². The molecule has 2 aromatic rings. The summed E-state index contributed by atoms with van der Waals surface area (Å²) >= 11 is 0.792. The lowest BCUT2D eigenvalue weighted by atomic mass is 10.2. The molecule has 0 spiro atoms. The van der Waals surface area contributed by atoms with Crippen molar-refractivity contribution < 1.29 is 29.0 Å². The minimum Gasteiger partial charge on any atom is -0.492 e. The SMILES string of the molecule is CCOc1ccccc1N1C(=O)SC(CC(=O)Nc2ccc(C(=O)O)cc2)C1=O. The Morgan fingerprint density at radius 3 is 2.48 bits per heavy atom. The monoisotopic (exact) mass is 414 g/mol. The molecule has 150 valence electrons. The summed E-state index contributed by atoms with van der Waals surface area (Å²) in [6.45, 7) is 2.18. The van der Waals surface area contributed by atoms with E-state index in [2.05, 4.69) is 5.32 Å². The van der Waals surface area contributed by atoms with Crippen molar-refractivity contribution in [3.8, 4) is 5.75 Å². The number of carboxylic acids is 1. The van der Waals surface area contributed by atoms with Crippen LogP contribution in [0.3, 0.4) is 0 Å². The van der Waals surface area contributed by atoms with E-state index in [4.69, 9.17) is 9.84 Å². The summed E-state index contributed by atoms with van der Waals surface area (Å²) in [7, 11) is 0. The number of nitrogens with zero attached hydrogens (tertiary/aromatic N) is 1. The fourth-order valence-corrected chi connectivity index (χ4v) is 3.78. The van der Waals surface area contributed by atoms with Crippen molar-refractivity contribution in [1.82, 2.24) is 0 Å². The number of thioether (sulfide) groups is 1. The molecule has 0 saturated carbocycles. The molecule has 1 aliphatic rings. The highest BCUT2D eigenvalue weighted by atomic mass is 32.2. The third-order valence-electron chi connectivity index (χ3n) is 4.11. The first-order valence-electron chi connectivity index (χ1n) is 8.80. The van der Waals surface area contributed by atoms with Crippen LogP contribution in [0.15, 0.2) is 48.5 Å². The van der Waals surface area contributed by atoms with Gasteiger partial charge in [0.15, 0.2) is 0 Å². The first-order chi connectivity index (χ1) is 13.9. The minimum atomic E-state index is -1.07. The Labute approximate surface area is 170 Å². The highest BCUT2D eigenvalue weighted by Crippen LogP contribution is 2.38. The van der Waals surface area contributed by atoms with E-state index in [0.29, 0.717) is 23.7 Å². The summed E-state index contributed by atoms with van der Waals surface area (Å²) in [5, 5.41) is 10.2. The fourth-order valence-electron chi connectivity index (χ4n) is 2.80. The van der Waals surface area contributed by atoms with Crippen LogP contribution in [0.2, 0.25) is 0 Å². The standard InChI is InChI=1S/C20H18N2O6S/c1-2-28-15-6-4-3-5-14(15)22-18(24)16(29-20(22)27)11-17(23)21-13-9-7-12(8-10-13)19(25)26/h3-10,16H,2,11H2,1H3,(H,21,23)(H,25,26). The van der Waals surface area contributed by atoms with Crippen LogP contribution in [0.1, 0.15) is 23.7 Å². The van der Waals surface area contributed by atoms with Crippen molar-refractivity contribution in [1.29, 1.82) is 0 Å². The number of carboxylic acid groups (broad SMARTS) is 1. The van der Waals surface area contributed by atoms with Crippen LogP contribution in [0.25, 0.3) is 0 Å². The molecule has 3 amide bonds. The Bertz CT molecular complexity index is 960. The predicted molar refractivity (Wildman–Crippen MR) is 109 cm³/mol. The van der Waals surface area contributed by atoms with Gasteiger partial charge in [-0.1, -0.05) is 12.1 Å². The fraction of sp³-hybridized carbons (Fsp3) is 0.200. The molecule has 0 bridgehead atoms. The molecule has 8 nitrogen and oxygen atoms in total. The Kier molecular flexibility index (Phi) is 6.18. The van der Waals surface area contributed by atoms with Crippen LogP contribution in [-0.2, 0) is 9.59 Å². The van der Waals surface area contributed by atoms with E-state index in [9.17, 15) is 19.2 Å². The number of amides is 3. The van der Waals surface area contributed by atoms with Gasteiger partial charge < -0.3 is 15.2 Å². The zero-order valence-corrected chi connectivity index (χ0v) is 16.3. The van der Waals surface area contributed by atoms with Crippen LogP contribution in [0.4, 0.5) is 16.2 Å². The van der Waals surface area contributed by atoms with Gasteiger partial charge in [-0.25, -0.2) is 9.69 Å². The maximum atomic E-state index is 12.8. The second-order valence-corrected chi connectivity index (χ2v) is 7.24. The van der Waals surface area contributed by atoms with Gasteiger partial charge in [0.25, 0.3) is 5.24 Å². The molecule has 1 fully saturated rings. The van der Waals surface area contributed by atoms with E-state index in [1.807, 2.05) is 0 Å². The number of para-hydroxylation sites is 2. The second kappa shape index (κ2) is 8.78. The van der Waals surface area contributed by atoms with E-state index < -0.39 is 28.3 Å². The zero-order valence-electron chi connectivity index (χ0n) is 15.5. The van der Waals surface area contributed by atoms with Crippen LogP contribution in [0, 0.1) is 0 Å². The van der Waals surface area contributed by atoms with Crippen molar-refractivity contribution >= 4 is 46.2 Å². The number of aromatic carboxylic acids is 1. The minimum absolute atomic E-state index is 0.0960. The van der Waals surface area contributed by atoms with Crippen LogP contribution >= 0.6 is 11.8 Å². The summed E-state index contributed by atoms with van der Waals surface area (Å²) in [5.41, 5.74) is 0.850. The third-order valence-corrected chi connectivity index (χ3v) is 5.15. The molecule has 29 heavy (non-hydrogen) atoms. The van der Waals surface area contributed by atoms with E-state index in [-0.39, 0.29) is 12.0 Å². The number of carbonyl (C=O) groups excluding carboxylic acids is 3. The van der Waals surface area contributed by atoms with Crippen molar-refractivity contribution in [3.63, 3.8) is 0 Å². The summed E-state index contributed by atoms with van der Waals surface area (Å²) in [5.74, 6) is -1.59. The molecule has 0 aliphatic carbocycles. The van der Waals surface area contributed by atoms with Crippen molar-refractivity contribution in [2.24, 2.45) is 0 Å². The summed E-state index contributed by atoms with van der Waals surface area (Å²) in [4.78, 5) is 49.4. The topological polar surface area (TPSA) is 113 Å². The first kappa shape index (κ1) is 20.4. The summed E-state index contributed by atoms with van der Waals surface area (Å²) in [6, 6.07) is 12.4. The number of hydrogen-bond acceptors (Lipinski definition) is 6. The number of anilines is 2. The number of benzene rings is 2. The molecule has 1 saturated heterocycles. The van der Waals surface area contributed by atoms with E-state index in [1.165, 1.54) is 24.3 Å². The van der Waals surface area contributed by atoms with Gasteiger partial charge in [-0.2, -0.15) is 0 Å². The van der Waals surface area contributed by atoms with Crippen LogP contribution < -0.4 is 15.0 Å². The number of rotatable bonds is 7. The Morgan fingerprint density at radius 2 is 1.83 bits per heavy atom. The average Bonchev–Trinajstić information content (AvgIpc) is 2.96.